The Balaban J connectivity index is 1.35. The predicted molar refractivity (Wildman–Crippen MR) is 128 cm³/mol. The number of rotatable bonds is 6. The van der Waals surface area contributed by atoms with Gasteiger partial charge in [-0.2, -0.15) is 5.10 Å². The molecule has 1 fully saturated rings. The van der Waals surface area contributed by atoms with E-state index in [1.54, 1.807) is 12.1 Å². The molecule has 2 aromatic carbocycles. The van der Waals surface area contributed by atoms with Crippen LogP contribution in [0.15, 0.2) is 64.1 Å². The highest BCUT2D eigenvalue weighted by molar-refractivity contribution is 6.33. The zero-order chi connectivity index (χ0) is 23.8. The van der Waals surface area contributed by atoms with E-state index in [2.05, 4.69) is 55.6 Å². The lowest BCUT2D eigenvalue weighted by atomic mass is 9.86. The topological polar surface area (TPSA) is 97.7 Å². The maximum atomic E-state index is 12.4. The smallest absolute Gasteiger partial charge is 0.270 e. The van der Waals surface area contributed by atoms with Crippen molar-refractivity contribution in [1.82, 2.24) is 5.43 Å². The average molecular weight is 466 g/mol. The van der Waals surface area contributed by atoms with Crippen molar-refractivity contribution in [3.05, 3.63) is 86.6 Å². The van der Waals surface area contributed by atoms with Crippen molar-refractivity contribution in [3.8, 4) is 11.3 Å². The molecule has 1 heterocycles. The number of carbonyl (C=O) groups is 1. The van der Waals surface area contributed by atoms with Gasteiger partial charge in [0.05, 0.1) is 16.2 Å². The van der Waals surface area contributed by atoms with Crippen LogP contribution >= 0.6 is 11.6 Å². The molecular weight excluding hydrogens is 442 g/mol. The summed E-state index contributed by atoms with van der Waals surface area (Å²) in [5.41, 5.74) is 5.42. The summed E-state index contributed by atoms with van der Waals surface area (Å²) < 4.78 is 5.66. The molecule has 1 aromatic heterocycles. The van der Waals surface area contributed by atoms with E-state index < -0.39 is 4.92 Å². The maximum absolute atomic E-state index is 12.4. The number of nitro groups is 1. The highest BCUT2D eigenvalue weighted by atomic mass is 35.5. The van der Waals surface area contributed by atoms with Gasteiger partial charge < -0.3 is 4.42 Å². The molecule has 0 aliphatic heterocycles. The van der Waals surface area contributed by atoms with Crippen molar-refractivity contribution >= 4 is 29.4 Å². The monoisotopic (exact) mass is 465 g/mol. The molecule has 0 bridgehead atoms. The summed E-state index contributed by atoms with van der Waals surface area (Å²) in [5.74, 6) is 0.735. The van der Waals surface area contributed by atoms with Gasteiger partial charge in [-0.05, 0) is 47.1 Å². The van der Waals surface area contributed by atoms with E-state index in [9.17, 15) is 14.9 Å². The number of hydrogen-bond acceptors (Lipinski definition) is 5. The van der Waals surface area contributed by atoms with Gasteiger partial charge in [0, 0.05) is 23.6 Å². The van der Waals surface area contributed by atoms with Crippen LogP contribution in [0.3, 0.4) is 0 Å². The van der Waals surface area contributed by atoms with Crippen LogP contribution in [0.25, 0.3) is 11.3 Å². The summed E-state index contributed by atoms with van der Waals surface area (Å²) in [5, 5.41) is 15.3. The van der Waals surface area contributed by atoms with E-state index >= 15 is 0 Å². The molecule has 1 aliphatic rings. The van der Waals surface area contributed by atoms with Gasteiger partial charge in [0.2, 0.25) is 5.91 Å². The quantitative estimate of drug-likeness (QED) is 0.272. The second kappa shape index (κ2) is 8.83. The molecule has 0 unspecified atom stereocenters. The molecule has 4 rings (SSSR count). The predicted octanol–water partition coefficient (Wildman–Crippen LogP) is 6.06. The van der Waals surface area contributed by atoms with Gasteiger partial charge in [-0.3, -0.25) is 14.9 Å². The van der Waals surface area contributed by atoms with Crippen LogP contribution in [0.4, 0.5) is 5.69 Å². The molecule has 8 heteroatoms. The molecule has 1 aliphatic carbocycles. The second-order valence-electron chi connectivity index (χ2n) is 9.18. The van der Waals surface area contributed by atoms with Gasteiger partial charge in [-0.1, -0.05) is 56.6 Å². The molecule has 0 radical (unpaired) electrons. The number of non-ortho nitro benzene ring substituents is 1. The highest BCUT2D eigenvalue weighted by Gasteiger charge is 2.44. The molecule has 1 amide bonds. The summed E-state index contributed by atoms with van der Waals surface area (Å²) in [4.78, 5) is 23.0. The Hall–Kier alpha value is -3.45. The van der Waals surface area contributed by atoms with E-state index in [4.69, 9.17) is 16.0 Å². The first-order valence-corrected chi connectivity index (χ1v) is 11.0. The van der Waals surface area contributed by atoms with E-state index in [1.807, 2.05) is 0 Å². The van der Waals surface area contributed by atoms with Gasteiger partial charge >= 0.3 is 0 Å². The van der Waals surface area contributed by atoms with E-state index in [0.717, 1.165) is 12.0 Å². The van der Waals surface area contributed by atoms with Crippen LogP contribution < -0.4 is 5.43 Å². The maximum Gasteiger partial charge on any atom is 0.270 e. The van der Waals surface area contributed by atoms with Crippen LogP contribution in [-0.2, 0) is 10.2 Å². The van der Waals surface area contributed by atoms with Crippen LogP contribution in [0.5, 0.6) is 0 Å². The minimum atomic E-state index is -0.495. The summed E-state index contributed by atoms with van der Waals surface area (Å²) in [6, 6.07) is 15.9. The Kier molecular flexibility index (Phi) is 6.08. The molecule has 33 heavy (non-hydrogen) atoms. The third-order valence-corrected chi connectivity index (χ3v) is 6.08. The molecule has 1 saturated carbocycles. The van der Waals surface area contributed by atoms with Gasteiger partial charge in [-0.15, -0.1) is 0 Å². The summed E-state index contributed by atoms with van der Waals surface area (Å²) >= 11 is 6.15. The third-order valence-electron chi connectivity index (χ3n) is 5.75. The fourth-order valence-electron chi connectivity index (χ4n) is 3.71. The van der Waals surface area contributed by atoms with E-state index in [1.165, 1.54) is 30.0 Å². The molecule has 170 valence electrons. The molecule has 1 N–H and O–H groups in total. The average Bonchev–Trinajstić information content (AvgIpc) is 3.44. The number of furan rings is 1. The lowest BCUT2D eigenvalue weighted by Gasteiger charge is -2.19. The molecule has 0 saturated heterocycles. The number of nitrogens with zero attached hydrogens (tertiary/aromatic N) is 2. The fourth-order valence-corrected chi connectivity index (χ4v) is 3.92. The normalized spacial score (nSPS) is 17.8. The minimum absolute atomic E-state index is 0.0830. The van der Waals surface area contributed by atoms with E-state index in [0.29, 0.717) is 22.1 Å². The van der Waals surface area contributed by atoms with Crippen molar-refractivity contribution in [1.29, 1.82) is 0 Å². The van der Waals surface area contributed by atoms with Crippen LogP contribution in [0, 0.1) is 16.0 Å². The Morgan fingerprint density at radius 2 is 1.91 bits per heavy atom. The zero-order valence-electron chi connectivity index (χ0n) is 18.5. The lowest BCUT2D eigenvalue weighted by Crippen LogP contribution is -2.20. The van der Waals surface area contributed by atoms with E-state index in [-0.39, 0.29) is 28.8 Å². The van der Waals surface area contributed by atoms with Crippen LogP contribution in [0.2, 0.25) is 5.02 Å². The number of amides is 1. The Morgan fingerprint density at radius 1 is 1.18 bits per heavy atom. The SMILES string of the molecule is CC(C)(C)c1ccc([C@@H]2C[C@@H]2C(=O)N/N=C/c2ccc(-c3cc([N+](=O)[O-])ccc3Cl)o2)cc1. The summed E-state index contributed by atoms with van der Waals surface area (Å²) in [6.45, 7) is 6.52. The molecule has 2 atom stereocenters. The number of halogens is 1. The van der Waals surface area contributed by atoms with Gasteiger partial charge in [0.15, 0.2) is 0 Å². The van der Waals surface area contributed by atoms with Gasteiger partial charge in [0.1, 0.15) is 11.5 Å². The zero-order valence-corrected chi connectivity index (χ0v) is 19.3. The lowest BCUT2D eigenvalue weighted by molar-refractivity contribution is -0.384. The van der Waals surface area contributed by atoms with Gasteiger partial charge in [0.25, 0.3) is 5.69 Å². The molecule has 3 aromatic rings. The Morgan fingerprint density at radius 3 is 2.58 bits per heavy atom. The summed E-state index contributed by atoms with van der Waals surface area (Å²) in [6.07, 6.45) is 2.19. The van der Waals surface area contributed by atoms with Crippen LogP contribution in [-0.4, -0.2) is 17.0 Å². The first kappa shape index (κ1) is 22.7. The van der Waals surface area contributed by atoms with Crippen molar-refractivity contribution in [2.75, 3.05) is 0 Å². The number of hydrogen-bond donors (Lipinski definition) is 1. The Bertz CT molecular complexity index is 1230. The fraction of sp³-hybridized carbons (Fsp3) is 0.280. The number of nitro benzene ring substituents is 1. The number of hydrazone groups is 1. The van der Waals surface area contributed by atoms with Crippen LogP contribution in [0.1, 0.15) is 50.0 Å². The van der Waals surface area contributed by atoms with Crippen molar-refractivity contribution in [2.45, 2.75) is 38.5 Å². The second-order valence-corrected chi connectivity index (χ2v) is 9.59. The molecular formula is C25H24ClN3O4. The number of nitrogens with one attached hydrogen (secondary N) is 1. The van der Waals surface area contributed by atoms with Gasteiger partial charge in [-0.25, -0.2) is 5.43 Å². The first-order chi connectivity index (χ1) is 15.6. The largest absolute Gasteiger partial charge is 0.455 e. The standard InChI is InChI=1S/C25H24ClN3O4/c1-25(2,3)16-6-4-15(5-7-16)19-13-20(19)24(30)28-27-14-18-9-11-23(33-18)21-12-17(29(31)32)8-10-22(21)26/h4-12,14,19-20H,13H2,1-3H3,(H,28,30)/b27-14+/t19-,20-/m0/s1. The minimum Gasteiger partial charge on any atom is -0.455 e. The highest BCUT2D eigenvalue weighted by Crippen LogP contribution is 2.47. The van der Waals surface area contributed by atoms with Crippen molar-refractivity contribution in [2.24, 2.45) is 11.0 Å². The van der Waals surface area contributed by atoms with Crippen molar-refractivity contribution in [3.63, 3.8) is 0 Å². The molecule has 0 spiro atoms. The number of benzene rings is 2. The third kappa shape index (κ3) is 5.14. The Labute approximate surface area is 196 Å². The van der Waals surface area contributed by atoms with Crippen molar-refractivity contribution < 1.29 is 14.1 Å². The molecule has 7 nitrogen and oxygen atoms in total. The number of carbonyl (C=O) groups excluding carboxylic acids is 1. The summed E-state index contributed by atoms with van der Waals surface area (Å²) in [7, 11) is 0. The first-order valence-electron chi connectivity index (χ1n) is 10.6.